The van der Waals surface area contributed by atoms with Crippen LogP contribution in [0.5, 0.6) is 0 Å². The fraction of sp³-hybridized carbons (Fsp3) is 0.667. The van der Waals surface area contributed by atoms with Crippen molar-refractivity contribution in [2.24, 2.45) is 4.99 Å². The maximum absolute atomic E-state index is 3.85. The van der Waals surface area contributed by atoms with Crippen LogP contribution in [-0.2, 0) is 0 Å². The molecule has 1 aliphatic heterocycles. The van der Waals surface area contributed by atoms with E-state index in [-0.39, 0.29) is 52.8 Å². The molecule has 0 bridgehead atoms. The van der Waals surface area contributed by atoms with Crippen LogP contribution in [0.1, 0.15) is 1.43 Å². The Bertz CT molecular complexity index is 50.9. The summed E-state index contributed by atoms with van der Waals surface area (Å²) in [6.45, 7) is 1.99. The molecule has 1 rings (SSSR count). The van der Waals surface area contributed by atoms with Gasteiger partial charge in [-0.1, -0.05) is 0 Å². The summed E-state index contributed by atoms with van der Waals surface area (Å²) in [6, 6.07) is 0. The summed E-state index contributed by atoms with van der Waals surface area (Å²) in [5, 5.41) is 2.93. The van der Waals surface area contributed by atoms with Gasteiger partial charge in [-0.15, -0.1) is 0 Å². The molecule has 0 radical (unpaired) electrons. The van der Waals surface area contributed by atoms with Gasteiger partial charge in [0, 0.05) is 6.54 Å². The van der Waals surface area contributed by atoms with E-state index in [4.69, 9.17) is 0 Å². The number of hydrogen-bond acceptors (Lipinski definition) is 2. The van der Waals surface area contributed by atoms with E-state index in [0.29, 0.717) is 0 Å². The van der Waals surface area contributed by atoms with E-state index in [1.807, 2.05) is 0 Å². The summed E-state index contributed by atoms with van der Waals surface area (Å²) in [5.74, 6) is 0. The molecule has 0 spiro atoms. The van der Waals surface area contributed by atoms with Gasteiger partial charge in [0.1, 0.15) is 0 Å². The van der Waals surface area contributed by atoms with E-state index in [1.165, 1.54) is 0 Å². The Morgan fingerprint density at radius 1 is 1.83 bits per heavy atom. The predicted octanol–water partition coefficient (Wildman–Crippen LogP) is -3.27. The maximum atomic E-state index is 3.85. The fourth-order valence-corrected chi connectivity index (χ4v) is 0.323. The minimum absolute atomic E-state index is 0. The summed E-state index contributed by atoms with van der Waals surface area (Å²) in [4.78, 5) is 3.85. The molecule has 1 heterocycles. The van der Waals surface area contributed by atoms with Crippen molar-refractivity contribution in [3.05, 3.63) is 0 Å². The Morgan fingerprint density at radius 2 is 2.67 bits per heavy atom. The first-order valence-corrected chi connectivity index (χ1v) is 1.72. The Kier molecular flexibility index (Phi) is 5.06. The van der Waals surface area contributed by atoms with Crippen molar-refractivity contribution < 1.29 is 52.8 Å². The molecule has 0 unspecified atom stereocenters. The van der Waals surface area contributed by atoms with E-state index in [2.05, 4.69) is 10.3 Å². The van der Waals surface area contributed by atoms with Crippen LogP contribution in [0, 0.1) is 0 Å². The molecular formula is C3H7KN2. The van der Waals surface area contributed by atoms with Crippen LogP contribution in [0.15, 0.2) is 4.99 Å². The van der Waals surface area contributed by atoms with Crippen LogP contribution >= 0.6 is 0 Å². The second-order valence-electron chi connectivity index (χ2n) is 0.989. The summed E-state index contributed by atoms with van der Waals surface area (Å²) in [6.07, 6.45) is 1.74. The van der Waals surface area contributed by atoms with Gasteiger partial charge in [0.25, 0.3) is 0 Å². The van der Waals surface area contributed by atoms with E-state index in [1.54, 1.807) is 6.34 Å². The first-order chi connectivity index (χ1) is 2.50. The van der Waals surface area contributed by atoms with Crippen LogP contribution in [-0.4, -0.2) is 19.4 Å². The first kappa shape index (κ1) is 7.11. The van der Waals surface area contributed by atoms with Gasteiger partial charge in [-0.05, 0) is 0 Å². The molecule has 0 aromatic carbocycles. The monoisotopic (exact) mass is 110 g/mol. The zero-order valence-electron chi connectivity index (χ0n) is 4.94. The number of nitrogens with one attached hydrogen (secondary N) is 1. The van der Waals surface area contributed by atoms with Crippen LogP contribution in [0.25, 0.3) is 0 Å². The largest absolute Gasteiger partial charge is 1.00 e. The van der Waals surface area contributed by atoms with Gasteiger partial charge < -0.3 is 6.74 Å². The maximum Gasteiger partial charge on any atom is 1.00 e. The molecule has 0 saturated heterocycles. The SMILES string of the molecule is C1=NCCN1.[H-].[K+]. The smallest absolute Gasteiger partial charge is 1.00 e. The molecule has 0 fully saturated rings. The van der Waals surface area contributed by atoms with Gasteiger partial charge in [-0.3, -0.25) is 4.99 Å². The fourth-order valence-electron chi connectivity index (χ4n) is 0.323. The molecule has 0 aromatic rings. The van der Waals surface area contributed by atoms with Crippen molar-refractivity contribution in [2.45, 2.75) is 0 Å². The number of rotatable bonds is 0. The zero-order valence-corrected chi connectivity index (χ0v) is 7.06. The minimum Gasteiger partial charge on any atom is -1.00 e. The quantitative estimate of drug-likeness (QED) is 0.325. The van der Waals surface area contributed by atoms with Crippen LogP contribution in [0.3, 0.4) is 0 Å². The summed E-state index contributed by atoms with van der Waals surface area (Å²) < 4.78 is 0. The summed E-state index contributed by atoms with van der Waals surface area (Å²) in [5.41, 5.74) is 0. The van der Waals surface area contributed by atoms with Gasteiger partial charge in [-0.25, -0.2) is 0 Å². The predicted molar refractivity (Wildman–Crippen MR) is 22.5 cm³/mol. The van der Waals surface area contributed by atoms with Crippen molar-refractivity contribution >= 4 is 6.34 Å². The minimum atomic E-state index is 0. The van der Waals surface area contributed by atoms with Crippen molar-refractivity contribution in [1.82, 2.24) is 5.32 Å². The molecule has 1 aliphatic rings. The third-order valence-electron chi connectivity index (χ3n) is 0.568. The van der Waals surface area contributed by atoms with E-state index < -0.39 is 0 Å². The first-order valence-electron chi connectivity index (χ1n) is 1.72. The second-order valence-corrected chi connectivity index (χ2v) is 0.989. The van der Waals surface area contributed by atoms with Crippen molar-refractivity contribution in [1.29, 1.82) is 0 Å². The van der Waals surface area contributed by atoms with Crippen LogP contribution in [0.2, 0.25) is 0 Å². The van der Waals surface area contributed by atoms with E-state index >= 15 is 0 Å². The van der Waals surface area contributed by atoms with Gasteiger partial charge in [0.15, 0.2) is 0 Å². The third kappa shape index (κ3) is 2.31. The second kappa shape index (κ2) is 4.27. The molecule has 0 amide bonds. The molecule has 0 aromatic heterocycles. The van der Waals surface area contributed by atoms with Gasteiger partial charge in [0.2, 0.25) is 0 Å². The Morgan fingerprint density at radius 3 is 2.83 bits per heavy atom. The molecule has 3 heteroatoms. The summed E-state index contributed by atoms with van der Waals surface area (Å²) in [7, 11) is 0. The van der Waals surface area contributed by atoms with Crippen LogP contribution in [0.4, 0.5) is 0 Å². The van der Waals surface area contributed by atoms with Gasteiger partial charge in [-0.2, -0.15) is 0 Å². The number of hydrogen-bond donors (Lipinski definition) is 1. The average molecular weight is 110 g/mol. The zero-order chi connectivity index (χ0) is 3.54. The van der Waals surface area contributed by atoms with Crippen LogP contribution < -0.4 is 56.7 Å². The molecule has 30 valence electrons. The number of nitrogens with zero attached hydrogens (tertiary/aromatic N) is 1. The van der Waals surface area contributed by atoms with E-state index in [9.17, 15) is 0 Å². The molecular weight excluding hydrogens is 103 g/mol. The Balaban J connectivity index is 0. The normalized spacial score (nSPS) is 16.0. The average Bonchev–Trinajstić information content (AvgIpc) is 1.76. The number of aliphatic imine (C=N–C) groups is 1. The topological polar surface area (TPSA) is 24.4 Å². The molecule has 6 heavy (non-hydrogen) atoms. The third-order valence-corrected chi connectivity index (χ3v) is 0.568. The van der Waals surface area contributed by atoms with E-state index in [0.717, 1.165) is 13.1 Å². The van der Waals surface area contributed by atoms with Crippen molar-refractivity contribution in [2.75, 3.05) is 13.1 Å². The Labute approximate surface area is 81.3 Å². The van der Waals surface area contributed by atoms with Gasteiger partial charge in [0.05, 0.1) is 12.9 Å². The molecule has 0 saturated carbocycles. The standard InChI is InChI=1S/C3H6N2.K.H/c1-2-5-3-4-1;;/h3H,1-2H2,(H,4,5);;/q;+1;-1. The van der Waals surface area contributed by atoms with Crippen molar-refractivity contribution in [3.8, 4) is 0 Å². The molecule has 0 atom stereocenters. The molecule has 1 N–H and O–H groups in total. The Hall–Kier alpha value is 1.11. The van der Waals surface area contributed by atoms with Crippen molar-refractivity contribution in [3.63, 3.8) is 0 Å². The summed E-state index contributed by atoms with van der Waals surface area (Å²) >= 11 is 0. The van der Waals surface area contributed by atoms with Gasteiger partial charge >= 0.3 is 51.4 Å². The molecule has 2 nitrogen and oxygen atoms in total. The molecule has 0 aliphatic carbocycles.